The van der Waals surface area contributed by atoms with Crippen molar-refractivity contribution in [2.75, 3.05) is 0 Å². The lowest BCUT2D eigenvalue weighted by Crippen LogP contribution is -1.98. The Bertz CT molecular complexity index is 3180. The first-order valence-electron chi connectivity index (χ1n) is 18.7. The zero-order valence-corrected chi connectivity index (χ0v) is 30.4. The lowest BCUT2D eigenvalue weighted by Gasteiger charge is -2.15. The third-order valence-electron chi connectivity index (χ3n) is 10.7. The van der Waals surface area contributed by atoms with Gasteiger partial charge in [0.25, 0.3) is 0 Å². The average Bonchev–Trinajstić information content (AvgIpc) is 3.84. The number of halogens is 1. The van der Waals surface area contributed by atoms with Crippen LogP contribution in [0.3, 0.4) is 0 Å². The minimum atomic E-state index is -0.308. The molecule has 0 unspecified atom stereocenters. The number of benzene rings is 7. The molecule has 5 nitrogen and oxygen atoms in total. The van der Waals surface area contributed by atoms with Crippen LogP contribution in [0.5, 0.6) is 0 Å². The fourth-order valence-corrected chi connectivity index (χ4v) is 7.86. The molecule has 0 saturated heterocycles. The number of fused-ring (bicyclic) bond motifs is 6. The van der Waals surface area contributed by atoms with Crippen molar-refractivity contribution >= 4 is 43.9 Å². The topological polar surface area (TPSA) is 65.0 Å². The van der Waals surface area contributed by atoms with E-state index in [1.807, 2.05) is 91.1 Å². The van der Waals surface area contributed by atoms with E-state index in [2.05, 4.69) is 65.6 Å². The summed E-state index contributed by atoms with van der Waals surface area (Å²) in [5, 5.41) is 4.24. The van der Waals surface area contributed by atoms with Crippen LogP contribution < -0.4 is 0 Å². The van der Waals surface area contributed by atoms with Gasteiger partial charge >= 0.3 is 0 Å². The average molecular weight is 736 g/mol. The number of pyridine rings is 1. The maximum Gasteiger partial charge on any atom is 0.161 e. The summed E-state index contributed by atoms with van der Waals surface area (Å²) in [6.07, 6.45) is 3.61. The van der Waals surface area contributed by atoms with Crippen LogP contribution >= 0.6 is 0 Å². The normalized spacial score (nSPS) is 11.6. The number of rotatable bonds is 6. The number of hydrogen-bond donors (Lipinski definition) is 0. The Morgan fingerprint density at radius 3 is 1.51 bits per heavy atom. The third kappa shape index (κ3) is 5.83. The van der Waals surface area contributed by atoms with Crippen molar-refractivity contribution in [3.63, 3.8) is 0 Å². The largest absolute Gasteiger partial charge is 0.456 e. The van der Waals surface area contributed by atoms with Crippen LogP contribution in [0.15, 0.2) is 191 Å². The molecule has 0 bridgehead atoms. The highest BCUT2D eigenvalue weighted by Gasteiger charge is 2.18. The van der Waals surface area contributed by atoms with Gasteiger partial charge in [0.1, 0.15) is 28.1 Å². The molecule has 0 aliphatic carbocycles. The van der Waals surface area contributed by atoms with Gasteiger partial charge in [0, 0.05) is 56.2 Å². The van der Waals surface area contributed by atoms with E-state index >= 15 is 0 Å². The highest BCUT2D eigenvalue weighted by molar-refractivity contribution is 6.07. The first-order chi connectivity index (χ1) is 28.1. The molecule has 7 aromatic carbocycles. The van der Waals surface area contributed by atoms with Gasteiger partial charge in [-0.1, -0.05) is 78.9 Å². The highest BCUT2D eigenvalue weighted by Crippen LogP contribution is 2.40. The van der Waals surface area contributed by atoms with E-state index in [-0.39, 0.29) is 5.82 Å². The second-order valence-electron chi connectivity index (χ2n) is 14.2. The van der Waals surface area contributed by atoms with E-state index in [1.165, 1.54) is 12.1 Å². The number of aromatic nitrogens is 3. The van der Waals surface area contributed by atoms with Crippen molar-refractivity contribution in [1.82, 2.24) is 15.0 Å². The summed E-state index contributed by atoms with van der Waals surface area (Å²) in [5.41, 5.74) is 13.4. The molecule has 268 valence electrons. The van der Waals surface area contributed by atoms with E-state index in [4.69, 9.17) is 18.8 Å². The van der Waals surface area contributed by atoms with E-state index < -0.39 is 0 Å². The lowest BCUT2D eigenvalue weighted by molar-refractivity contribution is 0.628. The first kappa shape index (κ1) is 32.7. The molecule has 57 heavy (non-hydrogen) atoms. The van der Waals surface area contributed by atoms with E-state index in [9.17, 15) is 4.39 Å². The van der Waals surface area contributed by atoms with Crippen molar-refractivity contribution in [3.8, 4) is 67.3 Å². The van der Waals surface area contributed by atoms with Crippen LogP contribution in [0.4, 0.5) is 4.39 Å². The molecule has 0 atom stereocenters. The second kappa shape index (κ2) is 13.3. The molecule has 4 aromatic heterocycles. The van der Waals surface area contributed by atoms with Crippen molar-refractivity contribution in [2.45, 2.75) is 0 Å². The first-order valence-corrected chi connectivity index (χ1v) is 18.7. The molecule has 0 fully saturated rings. The van der Waals surface area contributed by atoms with Crippen LogP contribution in [0.25, 0.3) is 111 Å². The molecule has 6 heteroatoms. The smallest absolute Gasteiger partial charge is 0.161 e. The fourth-order valence-electron chi connectivity index (χ4n) is 7.86. The summed E-state index contributed by atoms with van der Waals surface area (Å²) >= 11 is 0. The summed E-state index contributed by atoms with van der Waals surface area (Å²) in [6, 6.07) is 56.1. The van der Waals surface area contributed by atoms with Gasteiger partial charge < -0.3 is 8.83 Å². The monoisotopic (exact) mass is 735 g/mol. The fraction of sp³-hybridized carbons (Fsp3) is 0. The lowest BCUT2D eigenvalue weighted by atomic mass is 9.93. The molecule has 0 radical (unpaired) electrons. The van der Waals surface area contributed by atoms with Crippen molar-refractivity contribution < 1.29 is 13.2 Å². The molecule has 0 spiro atoms. The summed E-state index contributed by atoms with van der Waals surface area (Å²) in [4.78, 5) is 14.8. The maximum atomic E-state index is 14.2. The number of para-hydroxylation sites is 2. The minimum Gasteiger partial charge on any atom is -0.456 e. The molecule has 4 heterocycles. The van der Waals surface area contributed by atoms with Crippen LogP contribution in [-0.2, 0) is 0 Å². The summed E-state index contributed by atoms with van der Waals surface area (Å²) in [7, 11) is 0. The van der Waals surface area contributed by atoms with Crippen LogP contribution in [0.1, 0.15) is 0 Å². The van der Waals surface area contributed by atoms with Crippen molar-refractivity contribution in [1.29, 1.82) is 0 Å². The Balaban J connectivity index is 1.15. The summed E-state index contributed by atoms with van der Waals surface area (Å²) in [6.45, 7) is 0. The minimum absolute atomic E-state index is 0.308. The van der Waals surface area contributed by atoms with E-state index in [0.29, 0.717) is 11.5 Å². The van der Waals surface area contributed by atoms with Gasteiger partial charge in [-0.2, -0.15) is 0 Å². The van der Waals surface area contributed by atoms with E-state index in [0.717, 1.165) is 99.6 Å². The van der Waals surface area contributed by atoms with Gasteiger partial charge in [-0.25, -0.2) is 14.4 Å². The Morgan fingerprint density at radius 2 is 0.895 bits per heavy atom. The Labute approximate surface area is 326 Å². The van der Waals surface area contributed by atoms with E-state index in [1.54, 1.807) is 18.3 Å². The van der Waals surface area contributed by atoms with Crippen LogP contribution in [0.2, 0.25) is 0 Å². The van der Waals surface area contributed by atoms with Gasteiger partial charge in [0.05, 0.1) is 11.4 Å². The Hall–Kier alpha value is -7.70. The second-order valence-corrected chi connectivity index (χ2v) is 14.2. The molecular weight excluding hydrogens is 706 g/mol. The number of furan rings is 2. The van der Waals surface area contributed by atoms with Gasteiger partial charge in [-0.3, -0.25) is 4.98 Å². The number of nitrogens with zero attached hydrogens (tertiary/aromatic N) is 3. The molecular formula is C51H30FN3O2. The van der Waals surface area contributed by atoms with Gasteiger partial charge in [-0.05, 0) is 119 Å². The molecule has 11 rings (SSSR count). The number of hydrogen-bond acceptors (Lipinski definition) is 5. The molecule has 0 amide bonds. The van der Waals surface area contributed by atoms with Crippen molar-refractivity contribution in [3.05, 3.63) is 188 Å². The molecule has 0 saturated carbocycles. The summed E-state index contributed by atoms with van der Waals surface area (Å²) < 4.78 is 26.6. The maximum absolute atomic E-state index is 14.2. The Morgan fingerprint density at radius 1 is 0.368 bits per heavy atom. The van der Waals surface area contributed by atoms with Gasteiger partial charge in [0.2, 0.25) is 0 Å². The van der Waals surface area contributed by atoms with Gasteiger partial charge in [0.15, 0.2) is 5.82 Å². The molecule has 0 aliphatic heterocycles. The standard InChI is InChI=1S/C51H30FN3O2/c52-38-19-15-31(16-20-38)45-29-46(55-51(54-45)42-12-2-1-9-39(42)34-8-7-23-53-30-34)37-25-35(32-17-21-49-43(27-32)40-10-3-5-13-47(40)56-49)24-36(26-37)33-18-22-50-44(28-33)41-11-4-6-14-48(41)57-50/h1-30H. The third-order valence-corrected chi connectivity index (χ3v) is 10.7. The quantitative estimate of drug-likeness (QED) is 0.170. The molecule has 0 aliphatic rings. The SMILES string of the molecule is Fc1ccc(-c2cc(-c3cc(-c4ccc5oc6ccccc6c5c4)cc(-c4ccc5oc6ccccc6c5c4)c3)nc(-c3ccccc3-c3cccnc3)n2)cc1. The van der Waals surface area contributed by atoms with Crippen LogP contribution in [0, 0.1) is 5.82 Å². The predicted molar refractivity (Wildman–Crippen MR) is 227 cm³/mol. The predicted octanol–water partition coefficient (Wildman–Crippen LogP) is 13.8. The highest BCUT2D eigenvalue weighted by atomic mass is 19.1. The molecule has 11 aromatic rings. The van der Waals surface area contributed by atoms with Crippen LogP contribution in [-0.4, -0.2) is 15.0 Å². The zero-order valence-electron chi connectivity index (χ0n) is 30.4. The van der Waals surface area contributed by atoms with Crippen molar-refractivity contribution in [2.24, 2.45) is 0 Å². The van der Waals surface area contributed by atoms with Gasteiger partial charge in [-0.15, -0.1) is 0 Å². The Kier molecular flexibility index (Phi) is 7.60. The summed E-state index contributed by atoms with van der Waals surface area (Å²) in [5.74, 6) is 0.244. The zero-order chi connectivity index (χ0) is 37.9. The molecule has 0 N–H and O–H groups in total.